The zero-order valence-electron chi connectivity index (χ0n) is 14.7. The maximum absolute atomic E-state index is 12.6. The Morgan fingerprint density at radius 3 is 2.77 bits per heavy atom. The fourth-order valence-corrected chi connectivity index (χ4v) is 3.21. The highest BCUT2D eigenvalue weighted by Gasteiger charge is 2.20. The summed E-state index contributed by atoms with van der Waals surface area (Å²) in [5, 5.41) is 17.3. The third kappa shape index (κ3) is 4.91. The molecule has 1 aliphatic rings. The first-order chi connectivity index (χ1) is 12.5. The number of aromatic nitrogens is 2. The molecule has 3 rings (SSSR count). The van der Waals surface area contributed by atoms with Crippen molar-refractivity contribution < 1.29 is 14.6 Å². The molecule has 7 nitrogen and oxygen atoms in total. The molecule has 2 N–H and O–H groups in total. The van der Waals surface area contributed by atoms with Crippen molar-refractivity contribution in [2.45, 2.75) is 6.10 Å². The SMILES string of the molecule is CN(CC(O)CN1CCOCC1)C(=O)c1cc(-c2ccc(Br)cc2)n[nH]1. The summed E-state index contributed by atoms with van der Waals surface area (Å²) < 4.78 is 6.29. The molecule has 0 aliphatic carbocycles. The Morgan fingerprint density at radius 1 is 1.38 bits per heavy atom. The van der Waals surface area contributed by atoms with Crippen molar-refractivity contribution in [3.8, 4) is 11.3 Å². The minimum atomic E-state index is -0.601. The standard InChI is InChI=1S/C18H23BrN4O3/c1-22(11-15(24)12-23-6-8-26-9-7-23)18(25)17-10-16(20-21-17)13-2-4-14(19)5-3-13/h2-5,10,15,24H,6-9,11-12H2,1H3,(H,20,21). The second-order valence-corrected chi connectivity index (χ2v) is 7.34. The summed E-state index contributed by atoms with van der Waals surface area (Å²) in [5.74, 6) is -0.193. The fraction of sp³-hybridized carbons (Fsp3) is 0.444. The van der Waals surface area contributed by atoms with Crippen LogP contribution in [0.3, 0.4) is 0 Å². The van der Waals surface area contributed by atoms with Crippen molar-refractivity contribution in [1.29, 1.82) is 0 Å². The first kappa shape index (κ1) is 19.0. The first-order valence-corrected chi connectivity index (χ1v) is 9.37. The van der Waals surface area contributed by atoms with Gasteiger partial charge in [0.1, 0.15) is 5.69 Å². The Morgan fingerprint density at radius 2 is 2.08 bits per heavy atom. The molecular formula is C18H23BrN4O3. The van der Waals surface area contributed by atoms with Gasteiger partial charge in [0.05, 0.1) is 25.0 Å². The number of halogens is 1. The van der Waals surface area contributed by atoms with Crippen LogP contribution in [0.2, 0.25) is 0 Å². The molecule has 1 aliphatic heterocycles. The summed E-state index contributed by atoms with van der Waals surface area (Å²) in [6.45, 7) is 3.80. The molecule has 1 aromatic carbocycles. The fourth-order valence-electron chi connectivity index (χ4n) is 2.94. The van der Waals surface area contributed by atoms with E-state index in [0.29, 0.717) is 31.1 Å². The van der Waals surface area contributed by atoms with E-state index in [1.54, 1.807) is 13.1 Å². The Balaban J connectivity index is 1.57. The number of likely N-dealkylation sites (N-methyl/N-ethyl adjacent to an activating group) is 1. The van der Waals surface area contributed by atoms with Crippen LogP contribution in [-0.4, -0.2) is 83.6 Å². The molecule has 0 saturated carbocycles. The molecule has 2 heterocycles. The summed E-state index contributed by atoms with van der Waals surface area (Å²) in [4.78, 5) is 16.2. The minimum absolute atomic E-state index is 0.193. The van der Waals surface area contributed by atoms with Gasteiger partial charge in [-0.3, -0.25) is 14.8 Å². The predicted octanol–water partition coefficient (Wildman–Crippen LogP) is 1.60. The molecular weight excluding hydrogens is 400 g/mol. The van der Waals surface area contributed by atoms with Gasteiger partial charge in [0, 0.05) is 43.3 Å². The van der Waals surface area contributed by atoms with Crippen molar-refractivity contribution in [3.05, 3.63) is 40.5 Å². The number of carbonyl (C=O) groups excluding carboxylic acids is 1. The monoisotopic (exact) mass is 422 g/mol. The van der Waals surface area contributed by atoms with Crippen LogP contribution in [0.5, 0.6) is 0 Å². The zero-order valence-corrected chi connectivity index (χ0v) is 16.3. The van der Waals surface area contributed by atoms with Gasteiger partial charge in [0.25, 0.3) is 5.91 Å². The Bertz CT molecular complexity index is 728. The largest absolute Gasteiger partial charge is 0.390 e. The molecule has 8 heteroatoms. The Kier molecular flexibility index (Phi) is 6.42. The lowest BCUT2D eigenvalue weighted by Gasteiger charge is -2.30. The van der Waals surface area contributed by atoms with Gasteiger partial charge in [-0.2, -0.15) is 5.10 Å². The van der Waals surface area contributed by atoms with Crippen molar-refractivity contribution in [1.82, 2.24) is 20.0 Å². The average Bonchev–Trinajstić information content (AvgIpc) is 3.12. The normalized spacial score (nSPS) is 16.4. The topological polar surface area (TPSA) is 81.7 Å². The van der Waals surface area contributed by atoms with E-state index in [4.69, 9.17) is 4.74 Å². The van der Waals surface area contributed by atoms with Crippen LogP contribution < -0.4 is 0 Å². The van der Waals surface area contributed by atoms with Gasteiger partial charge in [-0.05, 0) is 18.2 Å². The number of nitrogens with zero attached hydrogens (tertiary/aromatic N) is 3. The third-order valence-corrected chi connectivity index (χ3v) is 4.88. The second kappa shape index (κ2) is 8.77. The van der Waals surface area contributed by atoms with E-state index in [2.05, 4.69) is 31.0 Å². The molecule has 1 fully saturated rings. The number of β-amino-alcohol motifs (C(OH)–C–C–N with tert-alkyl or cyclic N) is 1. The second-order valence-electron chi connectivity index (χ2n) is 6.43. The maximum atomic E-state index is 12.6. The molecule has 1 atom stereocenters. The van der Waals surface area contributed by atoms with E-state index >= 15 is 0 Å². The summed E-state index contributed by atoms with van der Waals surface area (Å²) in [6, 6.07) is 9.46. The molecule has 1 saturated heterocycles. The lowest BCUT2D eigenvalue weighted by Crippen LogP contribution is -2.45. The van der Waals surface area contributed by atoms with Gasteiger partial charge in [-0.25, -0.2) is 0 Å². The van der Waals surface area contributed by atoms with Crippen LogP contribution in [0, 0.1) is 0 Å². The lowest BCUT2D eigenvalue weighted by molar-refractivity contribution is 0.00874. The van der Waals surface area contributed by atoms with E-state index in [1.807, 2.05) is 24.3 Å². The molecule has 140 valence electrons. The summed E-state index contributed by atoms with van der Waals surface area (Å²) >= 11 is 3.40. The number of morpholine rings is 1. The number of carbonyl (C=O) groups is 1. The number of nitrogens with one attached hydrogen (secondary N) is 1. The van der Waals surface area contributed by atoms with Crippen molar-refractivity contribution in [2.75, 3.05) is 46.4 Å². The van der Waals surface area contributed by atoms with Gasteiger partial charge in [-0.15, -0.1) is 0 Å². The number of aliphatic hydroxyl groups excluding tert-OH is 1. The zero-order chi connectivity index (χ0) is 18.5. The van der Waals surface area contributed by atoms with E-state index in [1.165, 1.54) is 4.90 Å². The van der Waals surface area contributed by atoms with Gasteiger partial charge in [0.2, 0.25) is 0 Å². The summed E-state index contributed by atoms with van der Waals surface area (Å²) in [6.07, 6.45) is -0.601. The Labute approximate surface area is 161 Å². The number of hydrogen-bond donors (Lipinski definition) is 2. The first-order valence-electron chi connectivity index (χ1n) is 8.58. The molecule has 1 aromatic heterocycles. The quantitative estimate of drug-likeness (QED) is 0.738. The molecule has 2 aromatic rings. The van der Waals surface area contributed by atoms with Crippen molar-refractivity contribution in [3.63, 3.8) is 0 Å². The maximum Gasteiger partial charge on any atom is 0.271 e. The van der Waals surface area contributed by atoms with Crippen molar-refractivity contribution in [2.24, 2.45) is 0 Å². The van der Waals surface area contributed by atoms with Crippen LogP contribution in [0.15, 0.2) is 34.8 Å². The van der Waals surface area contributed by atoms with Gasteiger partial charge < -0.3 is 14.7 Å². The number of hydrogen-bond acceptors (Lipinski definition) is 5. The molecule has 1 unspecified atom stereocenters. The minimum Gasteiger partial charge on any atom is -0.390 e. The van der Waals surface area contributed by atoms with E-state index in [-0.39, 0.29) is 12.5 Å². The van der Waals surface area contributed by atoms with Crippen LogP contribution >= 0.6 is 15.9 Å². The molecule has 0 radical (unpaired) electrons. The van der Waals surface area contributed by atoms with Crippen molar-refractivity contribution >= 4 is 21.8 Å². The highest BCUT2D eigenvalue weighted by molar-refractivity contribution is 9.10. The molecule has 26 heavy (non-hydrogen) atoms. The van der Waals surface area contributed by atoms with Gasteiger partial charge in [0.15, 0.2) is 0 Å². The summed E-state index contributed by atoms with van der Waals surface area (Å²) in [7, 11) is 1.69. The number of aliphatic hydroxyl groups is 1. The van der Waals surface area contributed by atoms with Crippen LogP contribution in [0.25, 0.3) is 11.3 Å². The van der Waals surface area contributed by atoms with E-state index < -0.39 is 6.10 Å². The number of amides is 1. The van der Waals surface area contributed by atoms with Gasteiger partial charge >= 0.3 is 0 Å². The number of rotatable bonds is 6. The predicted molar refractivity (Wildman–Crippen MR) is 102 cm³/mol. The van der Waals surface area contributed by atoms with E-state index in [9.17, 15) is 9.90 Å². The van der Waals surface area contributed by atoms with Gasteiger partial charge in [-0.1, -0.05) is 28.1 Å². The molecule has 0 spiro atoms. The smallest absolute Gasteiger partial charge is 0.271 e. The average molecular weight is 423 g/mol. The molecule has 1 amide bonds. The number of aromatic amines is 1. The van der Waals surface area contributed by atoms with Crippen LogP contribution in [0.4, 0.5) is 0 Å². The number of benzene rings is 1. The van der Waals surface area contributed by atoms with Crippen LogP contribution in [-0.2, 0) is 4.74 Å². The van der Waals surface area contributed by atoms with E-state index in [0.717, 1.165) is 23.1 Å². The summed E-state index contributed by atoms with van der Waals surface area (Å²) in [5.41, 5.74) is 2.05. The molecule has 0 bridgehead atoms. The highest BCUT2D eigenvalue weighted by Crippen LogP contribution is 2.20. The highest BCUT2D eigenvalue weighted by atomic mass is 79.9. The number of H-pyrrole nitrogens is 1. The number of ether oxygens (including phenoxy) is 1. The Hall–Kier alpha value is -1.74. The third-order valence-electron chi connectivity index (χ3n) is 4.35. The lowest BCUT2D eigenvalue weighted by atomic mass is 10.1. The van der Waals surface area contributed by atoms with Crippen LogP contribution in [0.1, 0.15) is 10.5 Å².